The summed E-state index contributed by atoms with van der Waals surface area (Å²) < 4.78 is 0. The number of hydrogen-bond acceptors (Lipinski definition) is 3. The van der Waals surface area contributed by atoms with E-state index in [0.29, 0.717) is 0 Å². The maximum absolute atomic E-state index is 4.53. The van der Waals surface area contributed by atoms with Crippen molar-refractivity contribution in [3.8, 4) is 0 Å². The Morgan fingerprint density at radius 2 is 1.86 bits per heavy atom. The molecule has 3 rings (SSSR count). The minimum Gasteiger partial charge on any atom is -0.305 e. The molecule has 0 aliphatic carbocycles. The largest absolute Gasteiger partial charge is 0.305 e. The molecule has 3 nitrogen and oxygen atoms in total. The molecule has 1 aromatic carbocycles. The molecular formula is C18H19N3. The van der Waals surface area contributed by atoms with Crippen LogP contribution >= 0.6 is 0 Å². The fourth-order valence-corrected chi connectivity index (χ4v) is 2.59. The summed E-state index contributed by atoms with van der Waals surface area (Å²) in [5, 5.41) is 4.78. The molecule has 1 N–H and O–H groups in total. The van der Waals surface area contributed by atoms with Gasteiger partial charge in [0.2, 0.25) is 0 Å². The van der Waals surface area contributed by atoms with Gasteiger partial charge in [0.25, 0.3) is 0 Å². The zero-order valence-electron chi connectivity index (χ0n) is 12.2. The van der Waals surface area contributed by atoms with E-state index >= 15 is 0 Å². The SMILES string of the molecule is CCCNC(c1ccccn1)c1cccc2ncccc12. The highest BCUT2D eigenvalue weighted by atomic mass is 14.9. The maximum atomic E-state index is 4.53. The van der Waals surface area contributed by atoms with Gasteiger partial charge in [-0.25, -0.2) is 0 Å². The quantitative estimate of drug-likeness (QED) is 0.772. The first-order chi connectivity index (χ1) is 10.4. The Bertz CT molecular complexity index is 704. The van der Waals surface area contributed by atoms with E-state index in [-0.39, 0.29) is 6.04 Å². The van der Waals surface area contributed by atoms with Gasteiger partial charge in [0, 0.05) is 17.8 Å². The van der Waals surface area contributed by atoms with E-state index in [1.54, 1.807) is 0 Å². The zero-order chi connectivity index (χ0) is 14.5. The van der Waals surface area contributed by atoms with Crippen LogP contribution in [-0.4, -0.2) is 16.5 Å². The summed E-state index contributed by atoms with van der Waals surface area (Å²) >= 11 is 0. The Hall–Kier alpha value is -2.26. The van der Waals surface area contributed by atoms with E-state index in [1.165, 1.54) is 10.9 Å². The third-order valence-electron chi connectivity index (χ3n) is 3.57. The fourth-order valence-electron chi connectivity index (χ4n) is 2.59. The van der Waals surface area contributed by atoms with Crippen LogP contribution in [0.25, 0.3) is 10.9 Å². The van der Waals surface area contributed by atoms with Gasteiger partial charge in [0.05, 0.1) is 17.3 Å². The number of benzene rings is 1. The van der Waals surface area contributed by atoms with Crippen molar-refractivity contribution in [2.75, 3.05) is 6.54 Å². The first-order valence-electron chi connectivity index (χ1n) is 7.38. The monoisotopic (exact) mass is 277 g/mol. The third kappa shape index (κ3) is 2.93. The minimum atomic E-state index is 0.0963. The summed E-state index contributed by atoms with van der Waals surface area (Å²) in [6.07, 6.45) is 4.77. The Morgan fingerprint density at radius 1 is 0.952 bits per heavy atom. The smallest absolute Gasteiger partial charge is 0.0758 e. The molecular weight excluding hydrogens is 258 g/mol. The van der Waals surface area contributed by atoms with Crippen molar-refractivity contribution in [3.63, 3.8) is 0 Å². The second-order valence-corrected chi connectivity index (χ2v) is 5.06. The molecule has 21 heavy (non-hydrogen) atoms. The van der Waals surface area contributed by atoms with Crippen LogP contribution in [0.4, 0.5) is 0 Å². The van der Waals surface area contributed by atoms with Crippen LogP contribution < -0.4 is 5.32 Å². The van der Waals surface area contributed by atoms with Gasteiger partial charge >= 0.3 is 0 Å². The number of nitrogens with one attached hydrogen (secondary N) is 1. The number of fused-ring (bicyclic) bond motifs is 1. The van der Waals surface area contributed by atoms with E-state index in [4.69, 9.17) is 0 Å². The Labute approximate surface area is 125 Å². The van der Waals surface area contributed by atoms with Crippen molar-refractivity contribution in [3.05, 3.63) is 72.2 Å². The molecule has 3 heteroatoms. The summed E-state index contributed by atoms with van der Waals surface area (Å²) in [5.74, 6) is 0. The lowest BCUT2D eigenvalue weighted by molar-refractivity contribution is 0.589. The Balaban J connectivity index is 2.10. The van der Waals surface area contributed by atoms with Crippen LogP contribution in [0.1, 0.15) is 30.6 Å². The number of hydrogen-bond donors (Lipinski definition) is 1. The molecule has 0 aliphatic heterocycles. The van der Waals surface area contributed by atoms with Gasteiger partial charge in [-0.1, -0.05) is 31.2 Å². The molecule has 0 saturated heterocycles. The van der Waals surface area contributed by atoms with Gasteiger partial charge in [0.15, 0.2) is 0 Å². The molecule has 0 spiro atoms. The highest BCUT2D eigenvalue weighted by Gasteiger charge is 2.16. The standard InChI is InChI=1S/C18H19N3/c1-2-11-21-18(17-9-3-4-12-20-17)15-7-5-10-16-14(15)8-6-13-19-16/h3-10,12-13,18,21H,2,11H2,1H3. The molecule has 0 radical (unpaired) electrons. The number of pyridine rings is 2. The predicted molar refractivity (Wildman–Crippen MR) is 86.1 cm³/mol. The van der Waals surface area contributed by atoms with Crippen LogP contribution in [-0.2, 0) is 0 Å². The molecule has 1 atom stereocenters. The van der Waals surface area contributed by atoms with Crippen LogP contribution in [0, 0.1) is 0 Å². The summed E-state index contributed by atoms with van der Waals surface area (Å²) in [6, 6.07) is 16.5. The van der Waals surface area contributed by atoms with Crippen LogP contribution in [0.5, 0.6) is 0 Å². The van der Waals surface area contributed by atoms with E-state index in [0.717, 1.165) is 24.2 Å². The summed E-state index contributed by atoms with van der Waals surface area (Å²) in [6.45, 7) is 3.13. The summed E-state index contributed by atoms with van der Waals surface area (Å²) in [7, 11) is 0. The van der Waals surface area contributed by atoms with Crippen LogP contribution in [0.3, 0.4) is 0 Å². The van der Waals surface area contributed by atoms with E-state index in [2.05, 4.69) is 46.5 Å². The first-order valence-corrected chi connectivity index (χ1v) is 7.38. The molecule has 106 valence electrons. The normalized spacial score (nSPS) is 12.4. The Kier molecular flexibility index (Phi) is 4.22. The second kappa shape index (κ2) is 6.46. The van der Waals surface area contributed by atoms with Crippen molar-refractivity contribution < 1.29 is 0 Å². The van der Waals surface area contributed by atoms with E-state index in [9.17, 15) is 0 Å². The lowest BCUT2D eigenvalue weighted by Crippen LogP contribution is -2.24. The van der Waals surface area contributed by atoms with Crippen LogP contribution in [0.15, 0.2) is 60.9 Å². The van der Waals surface area contributed by atoms with E-state index < -0.39 is 0 Å². The average molecular weight is 277 g/mol. The molecule has 2 heterocycles. The lowest BCUT2D eigenvalue weighted by atomic mass is 9.98. The van der Waals surface area contributed by atoms with Crippen LogP contribution in [0.2, 0.25) is 0 Å². The van der Waals surface area contributed by atoms with Gasteiger partial charge < -0.3 is 5.32 Å². The fraction of sp³-hybridized carbons (Fsp3) is 0.222. The highest BCUT2D eigenvalue weighted by Crippen LogP contribution is 2.27. The van der Waals surface area contributed by atoms with Crippen molar-refractivity contribution in [2.24, 2.45) is 0 Å². The van der Waals surface area contributed by atoms with Crippen molar-refractivity contribution in [1.82, 2.24) is 15.3 Å². The van der Waals surface area contributed by atoms with Gasteiger partial charge in [-0.2, -0.15) is 0 Å². The molecule has 0 amide bonds. The molecule has 0 saturated carbocycles. The zero-order valence-corrected chi connectivity index (χ0v) is 12.2. The molecule has 1 unspecified atom stereocenters. The van der Waals surface area contributed by atoms with Gasteiger partial charge in [0.1, 0.15) is 0 Å². The molecule has 3 aromatic rings. The minimum absolute atomic E-state index is 0.0963. The second-order valence-electron chi connectivity index (χ2n) is 5.06. The summed E-state index contributed by atoms with van der Waals surface area (Å²) in [5.41, 5.74) is 3.30. The van der Waals surface area contributed by atoms with E-state index in [1.807, 2.05) is 36.7 Å². The molecule has 0 bridgehead atoms. The molecule has 2 aromatic heterocycles. The topological polar surface area (TPSA) is 37.8 Å². The molecule has 0 fully saturated rings. The highest BCUT2D eigenvalue weighted by molar-refractivity contribution is 5.82. The first kappa shape index (κ1) is 13.7. The average Bonchev–Trinajstić information content (AvgIpc) is 2.56. The van der Waals surface area contributed by atoms with Gasteiger partial charge in [-0.05, 0) is 42.8 Å². The van der Waals surface area contributed by atoms with Crippen molar-refractivity contribution in [2.45, 2.75) is 19.4 Å². The van der Waals surface area contributed by atoms with Gasteiger partial charge in [-0.15, -0.1) is 0 Å². The number of nitrogens with zero attached hydrogens (tertiary/aromatic N) is 2. The predicted octanol–water partition coefficient (Wildman–Crippen LogP) is 3.72. The van der Waals surface area contributed by atoms with Crippen molar-refractivity contribution in [1.29, 1.82) is 0 Å². The molecule has 0 aliphatic rings. The third-order valence-corrected chi connectivity index (χ3v) is 3.57. The Morgan fingerprint density at radius 3 is 2.67 bits per heavy atom. The number of rotatable bonds is 5. The summed E-state index contributed by atoms with van der Waals surface area (Å²) in [4.78, 5) is 8.98. The van der Waals surface area contributed by atoms with Crippen molar-refractivity contribution >= 4 is 10.9 Å². The number of aromatic nitrogens is 2. The maximum Gasteiger partial charge on any atom is 0.0758 e. The van der Waals surface area contributed by atoms with Gasteiger partial charge in [-0.3, -0.25) is 9.97 Å². The lowest BCUT2D eigenvalue weighted by Gasteiger charge is -2.20.